The fraction of sp³-hybridized carbons (Fsp3) is 0.733. The van der Waals surface area contributed by atoms with Crippen molar-refractivity contribution in [2.75, 3.05) is 32.7 Å². The van der Waals surface area contributed by atoms with Gasteiger partial charge in [-0.2, -0.15) is 0 Å². The lowest BCUT2D eigenvalue weighted by molar-refractivity contribution is 0.184. The first kappa shape index (κ1) is 16.2. The summed E-state index contributed by atoms with van der Waals surface area (Å²) in [5, 5.41) is 8.93. The number of likely N-dealkylation sites (tertiary alicyclic amines) is 1. The Bertz CT molecular complexity index is 449. The number of carbonyl (C=O) groups excluding carboxylic acids is 1. The number of hydrogen-bond acceptors (Lipinski definition) is 4. The zero-order chi connectivity index (χ0) is 15.1. The van der Waals surface area contributed by atoms with Gasteiger partial charge in [0.15, 0.2) is 0 Å². The van der Waals surface area contributed by atoms with E-state index < -0.39 is 0 Å². The Balaban J connectivity index is 1.53. The van der Waals surface area contributed by atoms with Gasteiger partial charge >= 0.3 is 6.03 Å². The largest absolute Gasteiger partial charge is 0.338 e. The third-order valence-corrected chi connectivity index (χ3v) is 4.61. The molecule has 1 atom stereocenters. The van der Waals surface area contributed by atoms with E-state index in [1.54, 1.807) is 11.3 Å². The Morgan fingerprint density at radius 2 is 2.29 bits per heavy atom. The van der Waals surface area contributed by atoms with E-state index in [9.17, 15) is 4.79 Å². The minimum absolute atomic E-state index is 0.0768. The Morgan fingerprint density at radius 1 is 1.48 bits per heavy atom. The molecule has 1 aliphatic heterocycles. The molecule has 0 radical (unpaired) electrons. The topological polar surface area (TPSA) is 57.3 Å². The number of nitrogens with zero attached hydrogens (tertiary/aromatic N) is 2. The molecule has 0 saturated carbocycles. The van der Waals surface area contributed by atoms with Crippen LogP contribution in [0.2, 0.25) is 0 Å². The van der Waals surface area contributed by atoms with Crippen molar-refractivity contribution in [1.82, 2.24) is 20.5 Å². The molecule has 21 heavy (non-hydrogen) atoms. The van der Waals surface area contributed by atoms with Crippen LogP contribution in [0.4, 0.5) is 4.79 Å². The first-order chi connectivity index (χ1) is 10.1. The van der Waals surface area contributed by atoms with E-state index in [-0.39, 0.29) is 6.03 Å². The van der Waals surface area contributed by atoms with Crippen molar-refractivity contribution >= 4 is 17.4 Å². The van der Waals surface area contributed by atoms with Crippen molar-refractivity contribution < 1.29 is 4.79 Å². The molecule has 5 nitrogen and oxygen atoms in total. The van der Waals surface area contributed by atoms with Gasteiger partial charge in [0.1, 0.15) is 0 Å². The molecule has 118 valence electrons. The van der Waals surface area contributed by atoms with Gasteiger partial charge in [0.2, 0.25) is 0 Å². The van der Waals surface area contributed by atoms with Crippen molar-refractivity contribution in [3.05, 3.63) is 16.1 Å². The summed E-state index contributed by atoms with van der Waals surface area (Å²) < 4.78 is 0. The van der Waals surface area contributed by atoms with Crippen molar-refractivity contribution in [2.24, 2.45) is 5.92 Å². The zero-order valence-corrected chi connectivity index (χ0v) is 13.8. The minimum Gasteiger partial charge on any atom is -0.338 e. The highest BCUT2D eigenvalue weighted by Crippen LogP contribution is 2.14. The summed E-state index contributed by atoms with van der Waals surface area (Å²) in [5.41, 5.74) is 1.06. The third kappa shape index (κ3) is 6.01. The van der Waals surface area contributed by atoms with E-state index in [0.29, 0.717) is 13.1 Å². The fourth-order valence-corrected chi connectivity index (χ4v) is 3.35. The number of nitrogens with one attached hydrogen (secondary N) is 2. The lowest BCUT2D eigenvalue weighted by atomic mass is 10.0. The zero-order valence-electron chi connectivity index (χ0n) is 13.0. The first-order valence-corrected chi connectivity index (χ1v) is 8.66. The highest BCUT2D eigenvalue weighted by Gasteiger charge is 2.15. The second-order valence-electron chi connectivity index (χ2n) is 5.84. The van der Waals surface area contributed by atoms with Crippen LogP contribution in [0.3, 0.4) is 0 Å². The molecule has 2 heterocycles. The minimum atomic E-state index is -0.0768. The van der Waals surface area contributed by atoms with Crippen molar-refractivity contribution in [2.45, 2.75) is 33.1 Å². The molecular formula is C15H26N4OS. The van der Waals surface area contributed by atoms with E-state index in [1.165, 1.54) is 12.8 Å². The molecular weight excluding hydrogens is 284 g/mol. The molecule has 2 N–H and O–H groups in total. The summed E-state index contributed by atoms with van der Waals surface area (Å²) in [6.45, 7) is 8.92. The van der Waals surface area contributed by atoms with Crippen LogP contribution in [0.15, 0.2) is 5.38 Å². The molecule has 1 aliphatic rings. The van der Waals surface area contributed by atoms with Crippen molar-refractivity contribution in [3.63, 3.8) is 0 Å². The summed E-state index contributed by atoms with van der Waals surface area (Å²) in [7, 11) is 0. The molecule has 0 spiro atoms. The SMILES string of the molecule is Cc1nc(CCNC(=O)NCCN2CCCC(C)C2)cs1. The van der Waals surface area contributed by atoms with Gasteiger partial charge in [0, 0.05) is 38.0 Å². The number of thiazole rings is 1. The molecule has 2 amide bonds. The molecule has 0 aromatic carbocycles. The molecule has 1 aromatic heterocycles. The predicted molar refractivity (Wildman–Crippen MR) is 86.8 cm³/mol. The van der Waals surface area contributed by atoms with Gasteiger partial charge in [-0.25, -0.2) is 9.78 Å². The summed E-state index contributed by atoms with van der Waals surface area (Å²) in [4.78, 5) is 18.5. The van der Waals surface area contributed by atoms with Gasteiger partial charge in [-0.05, 0) is 32.2 Å². The summed E-state index contributed by atoms with van der Waals surface area (Å²) in [6, 6.07) is -0.0768. The summed E-state index contributed by atoms with van der Waals surface area (Å²) >= 11 is 1.65. The van der Waals surface area contributed by atoms with Crippen molar-refractivity contribution in [1.29, 1.82) is 0 Å². The lowest BCUT2D eigenvalue weighted by Gasteiger charge is -2.30. The van der Waals surface area contributed by atoms with Crippen LogP contribution in [-0.2, 0) is 6.42 Å². The number of amides is 2. The molecule has 1 aromatic rings. The van der Waals surface area contributed by atoms with Crippen molar-refractivity contribution in [3.8, 4) is 0 Å². The van der Waals surface area contributed by atoms with E-state index in [4.69, 9.17) is 0 Å². The maximum Gasteiger partial charge on any atom is 0.314 e. The summed E-state index contributed by atoms with van der Waals surface area (Å²) in [5.74, 6) is 0.786. The Hall–Kier alpha value is -1.14. The van der Waals surface area contributed by atoms with Gasteiger partial charge in [-0.3, -0.25) is 0 Å². The number of rotatable bonds is 6. The molecule has 0 bridgehead atoms. The van der Waals surface area contributed by atoms with Gasteiger partial charge in [-0.15, -0.1) is 11.3 Å². The second-order valence-corrected chi connectivity index (χ2v) is 6.90. The molecule has 1 fully saturated rings. The predicted octanol–water partition coefficient (Wildman–Crippen LogP) is 2.03. The van der Waals surface area contributed by atoms with Gasteiger partial charge in [-0.1, -0.05) is 6.92 Å². The van der Waals surface area contributed by atoms with Crippen LogP contribution >= 0.6 is 11.3 Å². The Kier molecular flexibility index (Phi) is 6.45. The molecule has 6 heteroatoms. The van der Waals surface area contributed by atoms with Crippen LogP contribution in [0.25, 0.3) is 0 Å². The van der Waals surface area contributed by atoms with Gasteiger partial charge in [0.05, 0.1) is 10.7 Å². The van der Waals surface area contributed by atoms with E-state index >= 15 is 0 Å². The number of urea groups is 1. The van der Waals surface area contributed by atoms with Crippen LogP contribution in [0.5, 0.6) is 0 Å². The van der Waals surface area contributed by atoms with E-state index in [0.717, 1.165) is 42.7 Å². The average Bonchev–Trinajstić information content (AvgIpc) is 2.84. The number of carbonyl (C=O) groups is 1. The molecule has 1 saturated heterocycles. The molecule has 2 rings (SSSR count). The van der Waals surface area contributed by atoms with Gasteiger partial charge in [0.25, 0.3) is 0 Å². The summed E-state index contributed by atoms with van der Waals surface area (Å²) in [6.07, 6.45) is 3.41. The number of aromatic nitrogens is 1. The van der Waals surface area contributed by atoms with Crippen LogP contribution in [0.1, 0.15) is 30.5 Å². The van der Waals surface area contributed by atoms with E-state index in [1.807, 2.05) is 12.3 Å². The highest BCUT2D eigenvalue weighted by atomic mass is 32.1. The number of hydrogen-bond donors (Lipinski definition) is 2. The Morgan fingerprint density at radius 3 is 3.00 bits per heavy atom. The maximum absolute atomic E-state index is 11.7. The lowest BCUT2D eigenvalue weighted by Crippen LogP contribution is -2.43. The monoisotopic (exact) mass is 310 g/mol. The smallest absolute Gasteiger partial charge is 0.314 e. The normalized spacial score (nSPS) is 19.4. The number of piperidine rings is 1. The molecule has 0 aliphatic carbocycles. The standard InChI is InChI=1S/C15H26N4OS/c1-12-4-3-8-19(10-12)9-7-17-15(20)16-6-5-14-11-21-13(2)18-14/h11-12H,3-10H2,1-2H3,(H2,16,17,20). The average molecular weight is 310 g/mol. The molecule has 1 unspecified atom stereocenters. The van der Waals surface area contributed by atoms with Crippen LogP contribution < -0.4 is 10.6 Å². The Labute approximate surface area is 131 Å². The third-order valence-electron chi connectivity index (χ3n) is 3.79. The second kappa shape index (κ2) is 8.34. The van der Waals surface area contributed by atoms with Crippen LogP contribution in [-0.4, -0.2) is 48.6 Å². The number of aryl methyl sites for hydroxylation is 1. The fourth-order valence-electron chi connectivity index (χ4n) is 2.71. The highest BCUT2D eigenvalue weighted by molar-refractivity contribution is 7.09. The first-order valence-electron chi connectivity index (χ1n) is 7.78. The van der Waals surface area contributed by atoms with Crippen LogP contribution in [0, 0.1) is 12.8 Å². The van der Waals surface area contributed by atoms with Gasteiger partial charge < -0.3 is 15.5 Å². The maximum atomic E-state index is 11.7. The van der Waals surface area contributed by atoms with E-state index in [2.05, 4.69) is 27.4 Å². The quantitative estimate of drug-likeness (QED) is 0.845.